The Kier molecular flexibility index (Phi) is 11.2. The largest absolute Gasteiger partial charge is 0.481 e. The average Bonchev–Trinajstić information content (AvgIpc) is 2.61. The predicted octanol–water partition coefficient (Wildman–Crippen LogP) is -1.89. The zero-order valence-corrected chi connectivity index (χ0v) is 17.7. The fraction of sp³-hybridized carbons (Fsp3) is 0.667. The second-order valence-corrected chi connectivity index (χ2v) is 7.66. The van der Waals surface area contributed by atoms with Gasteiger partial charge in [0.05, 0.1) is 18.9 Å². The smallest absolute Gasteiger partial charge is 0.326 e. The van der Waals surface area contributed by atoms with Crippen molar-refractivity contribution in [2.45, 2.75) is 64.7 Å². The number of amides is 3. The number of hydrogen-bond acceptors (Lipinski definition) is 7. The molecule has 0 bridgehead atoms. The van der Waals surface area contributed by atoms with Crippen LogP contribution in [0.25, 0.3) is 0 Å². The van der Waals surface area contributed by atoms with Gasteiger partial charge in [0.2, 0.25) is 17.7 Å². The molecular formula is C18H30N4O9. The van der Waals surface area contributed by atoms with Gasteiger partial charge in [-0.05, 0) is 11.8 Å². The second-order valence-electron chi connectivity index (χ2n) is 7.66. The van der Waals surface area contributed by atoms with Gasteiger partial charge in [0.15, 0.2) is 0 Å². The Labute approximate surface area is 178 Å². The van der Waals surface area contributed by atoms with Gasteiger partial charge in [-0.1, -0.05) is 27.7 Å². The van der Waals surface area contributed by atoms with Crippen molar-refractivity contribution in [1.29, 1.82) is 0 Å². The molecule has 0 aromatic rings. The number of rotatable bonds is 13. The van der Waals surface area contributed by atoms with Gasteiger partial charge in [-0.25, -0.2) is 4.79 Å². The van der Waals surface area contributed by atoms with Crippen LogP contribution in [0.2, 0.25) is 0 Å². The third kappa shape index (κ3) is 9.89. The highest BCUT2D eigenvalue weighted by atomic mass is 16.4. The van der Waals surface area contributed by atoms with Crippen molar-refractivity contribution in [3.05, 3.63) is 0 Å². The Morgan fingerprint density at radius 3 is 1.42 bits per heavy atom. The van der Waals surface area contributed by atoms with Crippen molar-refractivity contribution in [2.24, 2.45) is 17.6 Å². The van der Waals surface area contributed by atoms with Crippen LogP contribution in [-0.2, 0) is 28.8 Å². The first-order valence-electron chi connectivity index (χ1n) is 9.50. The lowest BCUT2D eigenvalue weighted by Gasteiger charge is -2.28. The number of hydrogen-bond donors (Lipinski definition) is 7. The third-order valence-corrected chi connectivity index (χ3v) is 4.22. The molecule has 0 aliphatic heterocycles. The Balaban J connectivity index is 5.38. The normalized spacial score (nSPS) is 14.8. The van der Waals surface area contributed by atoms with E-state index >= 15 is 0 Å². The Bertz CT molecular complexity index is 708. The maximum Gasteiger partial charge on any atom is 0.326 e. The number of aliphatic carboxylic acids is 3. The Morgan fingerprint density at radius 1 is 0.677 bits per heavy atom. The number of nitrogens with one attached hydrogen (secondary N) is 3. The van der Waals surface area contributed by atoms with E-state index in [1.54, 1.807) is 27.7 Å². The van der Waals surface area contributed by atoms with Gasteiger partial charge >= 0.3 is 17.9 Å². The lowest BCUT2D eigenvalue weighted by atomic mass is 9.99. The van der Waals surface area contributed by atoms with Crippen LogP contribution in [0.1, 0.15) is 40.5 Å². The summed E-state index contributed by atoms with van der Waals surface area (Å²) in [6.07, 6.45) is -1.50. The zero-order chi connectivity index (χ0) is 24.5. The van der Waals surface area contributed by atoms with Crippen LogP contribution in [0.4, 0.5) is 0 Å². The first kappa shape index (κ1) is 27.8. The Hall–Kier alpha value is -3.22. The summed E-state index contributed by atoms with van der Waals surface area (Å²) in [6.45, 7) is 6.35. The molecule has 0 radical (unpaired) electrons. The van der Waals surface area contributed by atoms with Gasteiger partial charge in [-0.15, -0.1) is 0 Å². The number of carboxylic acids is 3. The molecule has 0 spiro atoms. The summed E-state index contributed by atoms with van der Waals surface area (Å²) in [5.74, 6) is -7.80. The molecule has 13 nitrogen and oxygen atoms in total. The van der Waals surface area contributed by atoms with Gasteiger partial charge in [0.1, 0.15) is 18.1 Å². The minimum atomic E-state index is -1.70. The molecule has 31 heavy (non-hydrogen) atoms. The monoisotopic (exact) mass is 446 g/mol. The van der Waals surface area contributed by atoms with E-state index in [2.05, 4.69) is 16.0 Å². The summed E-state index contributed by atoms with van der Waals surface area (Å²) < 4.78 is 0. The first-order chi connectivity index (χ1) is 14.2. The molecule has 0 saturated carbocycles. The lowest BCUT2D eigenvalue weighted by molar-refractivity contribution is -0.147. The molecule has 4 unspecified atom stereocenters. The first-order valence-corrected chi connectivity index (χ1v) is 9.50. The molecule has 0 rings (SSSR count). The van der Waals surface area contributed by atoms with Gasteiger partial charge < -0.3 is 37.0 Å². The van der Waals surface area contributed by atoms with Crippen LogP contribution >= 0.6 is 0 Å². The molecule has 176 valence electrons. The molecule has 0 aromatic carbocycles. The summed E-state index contributed by atoms with van der Waals surface area (Å²) >= 11 is 0. The molecule has 13 heteroatoms. The van der Waals surface area contributed by atoms with Crippen molar-refractivity contribution in [3.8, 4) is 0 Å². The molecule has 0 aliphatic rings. The van der Waals surface area contributed by atoms with Crippen molar-refractivity contribution in [3.63, 3.8) is 0 Å². The predicted molar refractivity (Wildman–Crippen MR) is 106 cm³/mol. The molecule has 3 amide bonds. The SMILES string of the molecule is CC(C)C(NC(=O)C(N)CC(=O)O)C(=O)NC(C(=O)NC(CC(=O)O)C(=O)O)C(C)C. The summed E-state index contributed by atoms with van der Waals surface area (Å²) in [6, 6.07) is -5.47. The molecule has 0 aliphatic carbocycles. The number of nitrogens with two attached hydrogens (primary N) is 1. The minimum Gasteiger partial charge on any atom is -0.481 e. The average molecular weight is 446 g/mol. The van der Waals surface area contributed by atoms with Crippen molar-refractivity contribution in [2.75, 3.05) is 0 Å². The van der Waals surface area contributed by atoms with E-state index in [0.29, 0.717) is 0 Å². The fourth-order valence-corrected chi connectivity index (χ4v) is 2.49. The van der Waals surface area contributed by atoms with E-state index in [0.717, 1.165) is 0 Å². The molecule has 8 N–H and O–H groups in total. The van der Waals surface area contributed by atoms with E-state index in [-0.39, 0.29) is 0 Å². The lowest BCUT2D eigenvalue weighted by Crippen LogP contribution is -2.59. The molecule has 4 atom stereocenters. The second kappa shape index (κ2) is 12.5. The van der Waals surface area contributed by atoms with Crippen LogP contribution in [-0.4, -0.2) is 75.1 Å². The summed E-state index contributed by atoms with van der Waals surface area (Å²) in [5.41, 5.74) is 5.50. The van der Waals surface area contributed by atoms with Crippen LogP contribution in [0, 0.1) is 11.8 Å². The van der Waals surface area contributed by atoms with Crippen LogP contribution in [0.5, 0.6) is 0 Å². The highest BCUT2D eigenvalue weighted by molar-refractivity contribution is 5.95. The maximum atomic E-state index is 12.7. The highest BCUT2D eigenvalue weighted by Gasteiger charge is 2.33. The van der Waals surface area contributed by atoms with Crippen LogP contribution < -0.4 is 21.7 Å². The number of carboxylic acid groups (broad SMARTS) is 3. The molecule has 0 heterocycles. The summed E-state index contributed by atoms with van der Waals surface area (Å²) in [5, 5.41) is 33.4. The quantitative estimate of drug-likeness (QED) is 0.166. The van der Waals surface area contributed by atoms with Gasteiger partial charge in [-0.2, -0.15) is 0 Å². The Morgan fingerprint density at radius 2 is 1.06 bits per heavy atom. The third-order valence-electron chi connectivity index (χ3n) is 4.22. The zero-order valence-electron chi connectivity index (χ0n) is 17.7. The van der Waals surface area contributed by atoms with Crippen molar-refractivity contribution < 1.29 is 44.1 Å². The van der Waals surface area contributed by atoms with E-state index < -0.39 is 84.5 Å². The summed E-state index contributed by atoms with van der Waals surface area (Å²) in [4.78, 5) is 70.0. The molecule has 0 aromatic heterocycles. The van der Waals surface area contributed by atoms with E-state index in [9.17, 15) is 28.8 Å². The standard InChI is InChI=1S/C18H30N4O9/c1-7(2)13(16(28)20-10(18(30)31)6-12(25)26)22-17(29)14(8(3)4)21-15(27)9(19)5-11(23)24/h7-10,13-14H,5-6,19H2,1-4H3,(H,20,28)(H,21,27)(H,22,29)(H,23,24)(H,25,26)(H,30,31). The molecule has 0 fully saturated rings. The maximum absolute atomic E-state index is 12.7. The van der Waals surface area contributed by atoms with Gasteiger partial charge in [0.25, 0.3) is 0 Å². The van der Waals surface area contributed by atoms with Gasteiger partial charge in [0, 0.05) is 0 Å². The van der Waals surface area contributed by atoms with Gasteiger partial charge in [-0.3, -0.25) is 24.0 Å². The summed E-state index contributed by atoms with van der Waals surface area (Å²) in [7, 11) is 0. The molecule has 0 saturated heterocycles. The topological polar surface area (TPSA) is 225 Å². The number of carbonyl (C=O) groups is 6. The van der Waals surface area contributed by atoms with Crippen molar-refractivity contribution >= 4 is 35.6 Å². The van der Waals surface area contributed by atoms with Crippen molar-refractivity contribution in [1.82, 2.24) is 16.0 Å². The van der Waals surface area contributed by atoms with E-state index in [1.807, 2.05) is 0 Å². The van der Waals surface area contributed by atoms with Crippen LogP contribution in [0.15, 0.2) is 0 Å². The minimum absolute atomic E-state index is 0.462. The van der Waals surface area contributed by atoms with Crippen LogP contribution in [0.3, 0.4) is 0 Å². The fourth-order valence-electron chi connectivity index (χ4n) is 2.49. The van der Waals surface area contributed by atoms with E-state index in [4.69, 9.17) is 21.1 Å². The highest BCUT2D eigenvalue weighted by Crippen LogP contribution is 2.08. The molecular weight excluding hydrogens is 416 g/mol. The van der Waals surface area contributed by atoms with E-state index in [1.165, 1.54) is 0 Å². The number of carbonyl (C=O) groups excluding carboxylic acids is 3.